The van der Waals surface area contributed by atoms with E-state index in [9.17, 15) is 24.0 Å². The van der Waals surface area contributed by atoms with Gasteiger partial charge in [0.25, 0.3) is 0 Å². The van der Waals surface area contributed by atoms with E-state index in [0.29, 0.717) is 30.5 Å². The third kappa shape index (κ3) is 5.43. The Kier molecular flexibility index (Phi) is 8.63. The number of anilines is 1. The Morgan fingerprint density at radius 3 is 1.69 bits per heavy atom. The lowest BCUT2D eigenvalue weighted by Crippen LogP contribution is -2.57. The number of rotatable bonds is 11. The van der Waals surface area contributed by atoms with Gasteiger partial charge >= 0.3 is 5.97 Å². The van der Waals surface area contributed by atoms with Crippen LogP contribution in [-0.2, 0) is 28.9 Å². The third-order valence-corrected chi connectivity index (χ3v) is 11.1. The van der Waals surface area contributed by atoms with Gasteiger partial charge in [-0.3, -0.25) is 24.1 Å². The lowest BCUT2D eigenvalue weighted by atomic mass is 9.54. The van der Waals surface area contributed by atoms with Crippen LogP contribution in [0, 0.1) is 11.8 Å². The minimum Gasteiger partial charge on any atom is -0.454 e. The molecule has 0 spiro atoms. The normalized spacial score (nSPS) is 23.0. The summed E-state index contributed by atoms with van der Waals surface area (Å²) in [6.45, 7) is -0.153. The number of carbonyl (C=O) groups excluding carboxylic acids is 5. The second-order valence-electron chi connectivity index (χ2n) is 12.6. The summed E-state index contributed by atoms with van der Waals surface area (Å²) in [5, 5.41) is 2.81. The molecule has 8 nitrogen and oxygen atoms in total. The van der Waals surface area contributed by atoms with E-state index < -0.39 is 27.6 Å². The lowest BCUT2D eigenvalue weighted by molar-refractivity contribution is -0.140. The number of benzene rings is 4. The second kappa shape index (κ2) is 12.9. The van der Waals surface area contributed by atoms with Gasteiger partial charge in [0.05, 0.1) is 17.4 Å². The molecule has 4 aromatic rings. The van der Waals surface area contributed by atoms with Gasteiger partial charge in [0.1, 0.15) is 9.75 Å². The predicted molar refractivity (Wildman–Crippen MR) is 184 cm³/mol. The third-order valence-electron chi connectivity index (χ3n) is 9.80. The zero-order valence-corrected chi connectivity index (χ0v) is 27.9. The van der Waals surface area contributed by atoms with Crippen molar-refractivity contribution in [2.24, 2.45) is 11.8 Å². The van der Waals surface area contributed by atoms with Crippen LogP contribution >= 0.6 is 23.2 Å². The molecule has 1 aliphatic heterocycles. The fraction of sp³-hybridized carbons (Fsp3) is 0.256. The quantitative estimate of drug-likeness (QED) is 0.0607. The Morgan fingerprint density at radius 2 is 1.16 bits per heavy atom. The number of amides is 3. The van der Waals surface area contributed by atoms with Gasteiger partial charge < -0.3 is 10.1 Å². The molecule has 248 valence electrons. The predicted octanol–water partition coefficient (Wildman–Crippen LogP) is 6.82. The van der Waals surface area contributed by atoms with Crippen molar-refractivity contribution >= 4 is 58.4 Å². The number of Topliss-reactive ketones (excluding diaryl/α,β-unsaturated/α-hetero) is 1. The highest BCUT2D eigenvalue weighted by Crippen LogP contribution is 2.69. The van der Waals surface area contributed by atoms with E-state index in [4.69, 9.17) is 27.9 Å². The number of ketones is 1. The summed E-state index contributed by atoms with van der Waals surface area (Å²) in [5.74, 6) is -3.41. The Balaban J connectivity index is 0.907. The summed E-state index contributed by atoms with van der Waals surface area (Å²) in [4.78, 5) is 63.9. The highest BCUT2D eigenvalue weighted by Gasteiger charge is 2.72. The molecule has 1 saturated heterocycles. The van der Waals surface area contributed by atoms with Gasteiger partial charge in [-0.15, -0.1) is 23.2 Å². The molecular weight excluding hydrogens is 663 g/mol. The van der Waals surface area contributed by atoms with Crippen molar-refractivity contribution in [2.75, 3.05) is 18.5 Å². The maximum atomic E-state index is 13.9. The molecule has 3 amide bonds. The molecule has 2 bridgehead atoms. The van der Waals surface area contributed by atoms with E-state index >= 15 is 0 Å². The van der Waals surface area contributed by atoms with Crippen LogP contribution in [-0.4, -0.2) is 47.5 Å². The first kappa shape index (κ1) is 32.7. The van der Waals surface area contributed by atoms with E-state index in [1.54, 1.807) is 42.5 Å². The monoisotopic (exact) mass is 694 g/mol. The molecule has 0 aromatic heterocycles. The number of unbranched alkanes of at least 4 members (excludes halogenated alkanes) is 2. The van der Waals surface area contributed by atoms with Crippen molar-refractivity contribution in [3.05, 3.63) is 137 Å². The van der Waals surface area contributed by atoms with Gasteiger partial charge in [0.2, 0.25) is 17.7 Å². The average Bonchev–Trinajstić information content (AvgIpc) is 3.39. The van der Waals surface area contributed by atoms with E-state index in [0.717, 1.165) is 22.3 Å². The standard InChI is InChI=1S/C39H32Cl2N2O6/c40-38-27-13-6-7-14-28(27)39(41,30-16-9-8-15-29(30)38)34-33(38)35(46)43(36(34)47)22-10-2-5-17-32(45)42-26-20-18-25(19-21-26)37(48)49-23-31(44)24-11-3-1-4-12-24/h1,3-4,6-9,11-16,18-21,33-34H,2,5,10,17,22-23H2,(H,42,45)/t33-,34+,38?,39?. The smallest absolute Gasteiger partial charge is 0.338 e. The highest BCUT2D eigenvalue weighted by molar-refractivity contribution is 6.36. The van der Waals surface area contributed by atoms with Crippen LogP contribution in [0.4, 0.5) is 5.69 Å². The number of ether oxygens (including phenoxy) is 1. The number of esters is 1. The largest absolute Gasteiger partial charge is 0.454 e. The molecule has 49 heavy (non-hydrogen) atoms. The first-order chi connectivity index (χ1) is 23.7. The van der Waals surface area contributed by atoms with Crippen LogP contribution in [0.5, 0.6) is 0 Å². The zero-order valence-electron chi connectivity index (χ0n) is 26.4. The van der Waals surface area contributed by atoms with Crippen LogP contribution in [0.1, 0.15) is 68.7 Å². The first-order valence-electron chi connectivity index (χ1n) is 16.2. The maximum Gasteiger partial charge on any atom is 0.338 e. The van der Waals surface area contributed by atoms with Crippen molar-refractivity contribution < 1.29 is 28.7 Å². The van der Waals surface area contributed by atoms with E-state index in [1.165, 1.54) is 17.0 Å². The minimum atomic E-state index is -1.20. The number of likely N-dealkylation sites (tertiary alicyclic amines) is 1. The summed E-state index contributed by atoms with van der Waals surface area (Å²) >= 11 is 14.9. The molecule has 1 heterocycles. The molecule has 0 radical (unpaired) electrons. The van der Waals surface area contributed by atoms with Gasteiger partial charge in [-0.2, -0.15) is 0 Å². The van der Waals surface area contributed by atoms with Crippen LogP contribution in [0.25, 0.3) is 0 Å². The Morgan fingerprint density at radius 1 is 0.653 bits per heavy atom. The Labute approximate surface area is 293 Å². The fourth-order valence-corrected chi connectivity index (χ4v) is 8.61. The van der Waals surface area contributed by atoms with Crippen molar-refractivity contribution in [1.82, 2.24) is 4.90 Å². The molecule has 8 rings (SSSR count). The molecule has 0 unspecified atom stereocenters. The molecule has 10 heteroatoms. The van der Waals surface area contributed by atoms with Crippen molar-refractivity contribution in [3.8, 4) is 0 Å². The topological polar surface area (TPSA) is 110 Å². The number of hydrogen-bond acceptors (Lipinski definition) is 6. The minimum absolute atomic E-state index is 0.205. The molecule has 0 saturated carbocycles. The molecule has 2 atom stereocenters. The molecular formula is C39H32Cl2N2O6. The number of nitrogens with one attached hydrogen (secondary N) is 1. The number of halogens is 2. The summed E-state index contributed by atoms with van der Waals surface area (Å²) in [6, 6.07) is 29.9. The average molecular weight is 696 g/mol. The van der Waals surface area contributed by atoms with Crippen LogP contribution in [0.15, 0.2) is 103 Å². The molecule has 1 N–H and O–H groups in total. The zero-order chi connectivity index (χ0) is 34.3. The van der Waals surface area contributed by atoms with Crippen LogP contribution in [0.3, 0.4) is 0 Å². The summed E-state index contributed by atoms with van der Waals surface area (Å²) in [7, 11) is 0. The molecule has 4 aromatic carbocycles. The van der Waals surface area contributed by atoms with Crippen molar-refractivity contribution in [2.45, 2.75) is 35.4 Å². The number of carbonyl (C=O) groups is 5. The van der Waals surface area contributed by atoms with Crippen LogP contribution in [0.2, 0.25) is 0 Å². The van der Waals surface area contributed by atoms with Gasteiger partial charge in [0.15, 0.2) is 12.4 Å². The van der Waals surface area contributed by atoms with E-state index in [-0.39, 0.29) is 48.6 Å². The molecule has 3 aliphatic carbocycles. The van der Waals surface area contributed by atoms with Gasteiger partial charge in [-0.25, -0.2) is 4.79 Å². The number of imide groups is 1. The van der Waals surface area contributed by atoms with Crippen molar-refractivity contribution in [1.29, 1.82) is 0 Å². The van der Waals surface area contributed by atoms with Gasteiger partial charge in [0, 0.05) is 24.2 Å². The van der Waals surface area contributed by atoms with E-state index in [1.807, 2.05) is 48.5 Å². The number of alkyl halides is 2. The lowest BCUT2D eigenvalue weighted by Gasteiger charge is -2.54. The van der Waals surface area contributed by atoms with Crippen LogP contribution < -0.4 is 5.32 Å². The summed E-state index contributed by atoms with van der Waals surface area (Å²) < 4.78 is 5.14. The first-order valence-corrected chi connectivity index (χ1v) is 17.0. The Hall–Kier alpha value is -4.79. The summed E-state index contributed by atoms with van der Waals surface area (Å²) in [5.41, 5.74) is 4.30. The summed E-state index contributed by atoms with van der Waals surface area (Å²) in [6.07, 6.45) is 1.92. The van der Waals surface area contributed by atoms with Crippen molar-refractivity contribution in [3.63, 3.8) is 0 Å². The maximum absolute atomic E-state index is 13.9. The Bertz CT molecular complexity index is 1860. The second-order valence-corrected chi connectivity index (χ2v) is 13.8. The number of hydrogen-bond donors (Lipinski definition) is 1. The van der Waals surface area contributed by atoms with Gasteiger partial charge in [-0.1, -0.05) is 85.3 Å². The highest BCUT2D eigenvalue weighted by atomic mass is 35.5. The van der Waals surface area contributed by atoms with Gasteiger partial charge in [-0.05, 0) is 59.4 Å². The fourth-order valence-electron chi connectivity index (χ4n) is 7.51. The van der Waals surface area contributed by atoms with E-state index in [2.05, 4.69) is 5.32 Å². The number of nitrogens with zero attached hydrogens (tertiary/aromatic N) is 1. The SMILES string of the molecule is O=C(CCCCCN1C(=O)[C@@H]2[C@H](C1=O)C1(Cl)c3ccccc3C2(Cl)c2ccccc21)Nc1ccc(C(=O)OCC(=O)c2ccccc2)cc1. The molecule has 4 aliphatic rings. The molecule has 1 fully saturated rings.